The SMILES string of the molecule is C=CCOc1ccc([C@@H]2C(=C(O)c3ccc(C)c(F)c3)C(=O)C(=O)N2c2nc(C)c(C(=O)OCC)s2)cc1OC. The zero-order valence-electron chi connectivity index (χ0n) is 22.3. The van der Waals surface area contributed by atoms with Crippen LogP contribution in [0.15, 0.2) is 54.6 Å². The maximum absolute atomic E-state index is 14.4. The summed E-state index contributed by atoms with van der Waals surface area (Å²) in [6.45, 7) is 8.79. The Morgan fingerprint density at radius 1 is 1.20 bits per heavy atom. The lowest BCUT2D eigenvalue weighted by molar-refractivity contribution is -0.132. The number of carbonyl (C=O) groups excluding carboxylic acids is 3. The number of hydrogen-bond acceptors (Lipinski definition) is 9. The van der Waals surface area contributed by atoms with E-state index < -0.39 is 35.3 Å². The van der Waals surface area contributed by atoms with Gasteiger partial charge in [-0.2, -0.15) is 0 Å². The van der Waals surface area contributed by atoms with Gasteiger partial charge in [0.15, 0.2) is 16.6 Å². The number of thiazole rings is 1. The van der Waals surface area contributed by atoms with Gasteiger partial charge in [-0.3, -0.25) is 14.5 Å². The second-order valence-electron chi connectivity index (χ2n) is 8.77. The summed E-state index contributed by atoms with van der Waals surface area (Å²) in [6, 6.07) is 7.59. The number of anilines is 1. The molecule has 1 atom stereocenters. The minimum Gasteiger partial charge on any atom is -0.507 e. The number of carbonyl (C=O) groups is 3. The number of hydrogen-bond donors (Lipinski definition) is 1. The molecular formula is C29H27FN2O7S. The Morgan fingerprint density at radius 3 is 2.60 bits per heavy atom. The number of esters is 1. The molecule has 0 unspecified atom stereocenters. The van der Waals surface area contributed by atoms with Crippen molar-refractivity contribution in [1.29, 1.82) is 0 Å². The van der Waals surface area contributed by atoms with Crippen molar-refractivity contribution in [3.63, 3.8) is 0 Å². The van der Waals surface area contributed by atoms with Gasteiger partial charge in [0, 0.05) is 5.56 Å². The highest BCUT2D eigenvalue weighted by Gasteiger charge is 2.48. The molecule has 1 fully saturated rings. The van der Waals surface area contributed by atoms with Crippen molar-refractivity contribution in [2.45, 2.75) is 26.8 Å². The summed E-state index contributed by atoms with van der Waals surface area (Å²) in [7, 11) is 1.43. The first-order valence-electron chi connectivity index (χ1n) is 12.3. The molecule has 1 aromatic heterocycles. The molecule has 1 saturated heterocycles. The summed E-state index contributed by atoms with van der Waals surface area (Å²) < 4.78 is 30.6. The average Bonchev–Trinajstić information content (AvgIpc) is 3.45. The van der Waals surface area contributed by atoms with E-state index in [1.807, 2.05) is 0 Å². The fourth-order valence-corrected chi connectivity index (χ4v) is 5.22. The number of ketones is 1. The Bertz CT molecular complexity index is 1550. The Labute approximate surface area is 234 Å². The highest BCUT2D eigenvalue weighted by atomic mass is 32.1. The summed E-state index contributed by atoms with van der Waals surface area (Å²) in [4.78, 5) is 45.1. The van der Waals surface area contributed by atoms with Crippen molar-refractivity contribution in [2.75, 3.05) is 25.2 Å². The first-order chi connectivity index (χ1) is 19.1. The lowest BCUT2D eigenvalue weighted by Gasteiger charge is -2.24. The van der Waals surface area contributed by atoms with Crippen LogP contribution < -0.4 is 14.4 Å². The molecule has 208 valence electrons. The zero-order chi connectivity index (χ0) is 29.1. The van der Waals surface area contributed by atoms with Crippen molar-refractivity contribution in [3.05, 3.63) is 87.7 Å². The summed E-state index contributed by atoms with van der Waals surface area (Å²) in [5.41, 5.74) is 0.775. The van der Waals surface area contributed by atoms with Gasteiger partial charge in [-0.05, 0) is 50.1 Å². The van der Waals surface area contributed by atoms with E-state index in [2.05, 4.69) is 11.6 Å². The van der Waals surface area contributed by atoms with Crippen LogP contribution in [0, 0.1) is 19.7 Å². The van der Waals surface area contributed by atoms with Crippen LogP contribution in [0.1, 0.15) is 45.0 Å². The topological polar surface area (TPSA) is 115 Å². The number of Topliss-reactive ketones (excluding diaryl/α,β-unsaturated/α-hetero) is 1. The molecule has 0 spiro atoms. The Kier molecular flexibility index (Phi) is 8.34. The number of rotatable bonds is 9. The first kappa shape index (κ1) is 28.5. The fraction of sp³-hybridized carbons (Fsp3) is 0.241. The summed E-state index contributed by atoms with van der Waals surface area (Å²) >= 11 is 0.883. The van der Waals surface area contributed by atoms with Crippen molar-refractivity contribution in [1.82, 2.24) is 4.98 Å². The van der Waals surface area contributed by atoms with Crippen LogP contribution in [-0.2, 0) is 14.3 Å². The standard InChI is InChI=1S/C29H27FN2O7S/c1-6-12-39-20-11-10-17(14-21(20)37-5)23-22(24(33)18-9-8-15(3)19(30)13-18)25(34)27(35)32(23)29-31-16(4)26(40-29)28(36)38-7-2/h6,8-11,13-14,23,33H,1,7,12H2,2-5H3/t23-/m1/s1. The number of methoxy groups -OCH3 is 1. The molecule has 1 aliphatic heterocycles. The van der Waals surface area contributed by atoms with Gasteiger partial charge < -0.3 is 19.3 Å². The monoisotopic (exact) mass is 566 g/mol. The largest absolute Gasteiger partial charge is 0.507 e. The number of aliphatic hydroxyl groups is 1. The third kappa shape index (κ3) is 5.20. The van der Waals surface area contributed by atoms with E-state index in [-0.39, 0.29) is 34.4 Å². The molecule has 2 aromatic carbocycles. The maximum atomic E-state index is 14.4. The van der Waals surface area contributed by atoms with Gasteiger partial charge in [0.2, 0.25) is 0 Å². The van der Waals surface area contributed by atoms with Gasteiger partial charge in [-0.1, -0.05) is 42.2 Å². The second kappa shape index (κ2) is 11.7. The average molecular weight is 567 g/mol. The van der Waals surface area contributed by atoms with Gasteiger partial charge in [-0.15, -0.1) is 0 Å². The smallest absolute Gasteiger partial charge is 0.350 e. The molecule has 3 aromatic rings. The summed E-state index contributed by atoms with van der Waals surface area (Å²) in [5.74, 6) is -3.05. The molecule has 1 amide bonds. The number of amides is 1. The van der Waals surface area contributed by atoms with Crippen LogP contribution in [0.25, 0.3) is 5.76 Å². The van der Waals surface area contributed by atoms with Gasteiger partial charge in [0.05, 0.1) is 31.0 Å². The van der Waals surface area contributed by atoms with Crippen LogP contribution in [0.3, 0.4) is 0 Å². The Balaban J connectivity index is 1.94. The predicted molar refractivity (Wildman–Crippen MR) is 147 cm³/mol. The second-order valence-corrected chi connectivity index (χ2v) is 9.75. The molecule has 0 saturated carbocycles. The van der Waals surface area contributed by atoms with Gasteiger partial charge in [0.25, 0.3) is 5.78 Å². The number of aliphatic hydroxyl groups excluding tert-OH is 1. The number of aryl methyl sites for hydroxylation is 2. The third-order valence-electron chi connectivity index (χ3n) is 6.20. The molecular weight excluding hydrogens is 539 g/mol. The number of ether oxygens (including phenoxy) is 3. The maximum Gasteiger partial charge on any atom is 0.350 e. The lowest BCUT2D eigenvalue weighted by Crippen LogP contribution is -2.29. The predicted octanol–water partition coefficient (Wildman–Crippen LogP) is 5.28. The molecule has 1 N–H and O–H groups in total. The summed E-state index contributed by atoms with van der Waals surface area (Å²) in [5, 5.41) is 11.3. The first-order valence-corrected chi connectivity index (χ1v) is 13.1. The molecule has 0 aliphatic carbocycles. The third-order valence-corrected chi connectivity index (χ3v) is 7.34. The van der Waals surface area contributed by atoms with Gasteiger partial charge >= 0.3 is 11.9 Å². The normalized spacial score (nSPS) is 16.2. The number of nitrogens with zero attached hydrogens (tertiary/aromatic N) is 2. The van der Waals surface area contributed by atoms with Gasteiger partial charge in [-0.25, -0.2) is 14.2 Å². The minimum absolute atomic E-state index is 0.0199. The molecule has 0 radical (unpaired) electrons. The molecule has 1 aliphatic rings. The van der Waals surface area contributed by atoms with E-state index in [1.54, 1.807) is 45.0 Å². The van der Waals surface area contributed by atoms with E-state index in [1.165, 1.54) is 19.2 Å². The van der Waals surface area contributed by atoms with E-state index in [9.17, 15) is 23.9 Å². The van der Waals surface area contributed by atoms with E-state index in [4.69, 9.17) is 14.2 Å². The van der Waals surface area contributed by atoms with E-state index >= 15 is 0 Å². The molecule has 0 bridgehead atoms. The zero-order valence-corrected chi connectivity index (χ0v) is 23.1. The highest BCUT2D eigenvalue weighted by molar-refractivity contribution is 7.17. The van der Waals surface area contributed by atoms with Crippen LogP contribution in [0.2, 0.25) is 0 Å². The molecule has 9 nitrogen and oxygen atoms in total. The molecule has 2 heterocycles. The Hall–Kier alpha value is -4.51. The quantitative estimate of drug-likeness (QED) is 0.122. The number of halogens is 1. The lowest BCUT2D eigenvalue weighted by atomic mass is 9.94. The van der Waals surface area contributed by atoms with Gasteiger partial charge in [0.1, 0.15) is 23.1 Å². The molecule has 4 rings (SSSR count). The molecule has 11 heteroatoms. The summed E-state index contributed by atoms with van der Waals surface area (Å²) in [6.07, 6.45) is 1.56. The van der Waals surface area contributed by atoms with E-state index in [0.29, 0.717) is 28.3 Å². The fourth-order valence-electron chi connectivity index (χ4n) is 4.23. The minimum atomic E-state index is -1.19. The van der Waals surface area contributed by atoms with Crippen LogP contribution in [0.5, 0.6) is 11.5 Å². The molecule has 40 heavy (non-hydrogen) atoms. The van der Waals surface area contributed by atoms with Crippen LogP contribution in [-0.4, -0.2) is 48.1 Å². The van der Waals surface area contributed by atoms with E-state index in [0.717, 1.165) is 22.3 Å². The van der Waals surface area contributed by atoms with Crippen molar-refractivity contribution in [3.8, 4) is 11.5 Å². The van der Waals surface area contributed by atoms with Crippen molar-refractivity contribution in [2.24, 2.45) is 0 Å². The number of aromatic nitrogens is 1. The van der Waals surface area contributed by atoms with Crippen molar-refractivity contribution >= 4 is 39.9 Å². The van der Waals surface area contributed by atoms with Crippen molar-refractivity contribution < 1.29 is 38.1 Å². The highest BCUT2D eigenvalue weighted by Crippen LogP contribution is 2.45. The number of benzene rings is 2. The Morgan fingerprint density at radius 2 is 1.95 bits per heavy atom. The van der Waals surface area contributed by atoms with Crippen LogP contribution >= 0.6 is 11.3 Å². The van der Waals surface area contributed by atoms with Crippen LogP contribution in [0.4, 0.5) is 9.52 Å².